The third-order valence-electron chi connectivity index (χ3n) is 3.61. The Labute approximate surface area is 150 Å². The number of hydrogen-bond acceptors (Lipinski definition) is 6. The first-order chi connectivity index (χ1) is 12.0. The number of benzene rings is 1. The smallest absolute Gasteiger partial charge is 0.269 e. The monoisotopic (exact) mass is 363 g/mol. The predicted octanol–water partition coefficient (Wildman–Crippen LogP) is 3.42. The maximum atomic E-state index is 12.1. The number of nitro benzene ring substituents is 1. The molecule has 1 amide bonds. The summed E-state index contributed by atoms with van der Waals surface area (Å²) in [4.78, 5) is 22.4. The molecule has 1 N–H and O–H groups in total. The highest BCUT2D eigenvalue weighted by Crippen LogP contribution is 2.22. The van der Waals surface area contributed by atoms with Gasteiger partial charge in [0, 0.05) is 24.4 Å². The number of aryl methyl sites for hydroxylation is 2. The molecule has 0 aliphatic heterocycles. The van der Waals surface area contributed by atoms with Crippen LogP contribution in [0.1, 0.15) is 31.7 Å². The van der Waals surface area contributed by atoms with E-state index in [2.05, 4.69) is 22.4 Å². The molecule has 0 aliphatic rings. The molecule has 1 aromatic carbocycles. The van der Waals surface area contributed by atoms with Crippen molar-refractivity contribution in [3.63, 3.8) is 0 Å². The summed E-state index contributed by atoms with van der Waals surface area (Å²) in [5, 5.41) is 22.2. The zero-order valence-corrected chi connectivity index (χ0v) is 15.1. The normalized spacial score (nSPS) is 10.6. The SMILES string of the molecule is CCCCCn1cnnc1SCC(=O)Nc1ccc([N+](=O)[O-])cc1C. The number of aromatic nitrogens is 3. The molecular weight excluding hydrogens is 342 g/mol. The summed E-state index contributed by atoms with van der Waals surface area (Å²) >= 11 is 1.32. The molecule has 0 atom stereocenters. The van der Waals surface area contributed by atoms with Crippen LogP contribution >= 0.6 is 11.8 Å². The second-order valence-electron chi connectivity index (χ2n) is 5.61. The zero-order chi connectivity index (χ0) is 18.2. The lowest BCUT2D eigenvalue weighted by Crippen LogP contribution is -2.15. The topological polar surface area (TPSA) is 103 Å². The van der Waals surface area contributed by atoms with E-state index in [0.29, 0.717) is 16.4 Å². The Bertz CT molecular complexity index is 747. The largest absolute Gasteiger partial charge is 0.325 e. The molecule has 8 nitrogen and oxygen atoms in total. The van der Waals surface area contributed by atoms with Gasteiger partial charge in [0.2, 0.25) is 5.91 Å². The third kappa shape index (κ3) is 5.56. The molecule has 2 rings (SSSR count). The van der Waals surface area contributed by atoms with Gasteiger partial charge in [0.25, 0.3) is 5.69 Å². The Morgan fingerprint density at radius 1 is 1.40 bits per heavy atom. The average molecular weight is 363 g/mol. The number of rotatable bonds is 9. The number of carbonyl (C=O) groups excluding carboxylic acids is 1. The zero-order valence-electron chi connectivity index (χ0n) is 14.3. The lowest BCUT2D eigenvalue weighted by atomic mass is 10.2. The van der Waals surface area contributed by atoms with Crippen LogP contribution in [0, 0.1) is 17.0 Å². The summed E-state index contributed by atoms with van der Waals surface area (Å²) in [5.74, 6) is 0.00756. The van der Waals surface area contributed by atoms with E-state index >= 15 is 0 Å². The van der Waals surface area contributed by atoms with E-state index in [-0.39, 0.29) is 17.3 Å². The highest BCUT2D eigenvalue weighted by molar-refractivity contribution is 7.99. The maximum Gasteiger partial charge on any atom is 0.269 e. The van der Waals surface area contributed by atoms with Gasteiger partial charge < -0.3 is 9.88 Å². The van der Waals surface area contributed by atoms with Crippen molar-refractivity contribution in [2.24, 2.45) is 0 Å². The Balaban J connectivity index is 1.89. The lowest BCUT2D eigenvalue weighted by molar-refractivity contribution is -0.384. The Kier molecular flexibility index (Phi) is 6.93. The minimum Gasteiger partial charge on any atom is -0.325 e. The number of hydrogen-bond donors (Lipinski definition) is 1. The van der Waals surface area contributed by atoms with E-state index in [1.165, 1.54) is 23.9 Å². The number of anilines is 1. The molecule has 0 saturated carbocycles. The van der Waals surface area contributed by atoms with Crippen molar-refractivity contribution < 1.29 is 9.72 Å². The van der Waals surface area contributed by atoms with Gasteiger partial charge in [-0.25, -0.2) is 0 Å². The molecule has 0 saturated heterocycles. The van der Waals surface area contributed by atoms with Crippen LogP contribution in [0.3, 0.4) is 0 Å². The number of thioether (sulfide) groups is 1. The fourth-order valence-electron chi connectivity index (χ4n) is 2.26. The van der Waals surface area contributed by atoms with Crippen LogP contribution in [0.25, 0.3) is 0 Å². The van der Waals surface area contributed by atoms with Gasteiger partial charge in [-0.2, -0.15) is 0 Å². The number of non-ortho nitro benzene ring substituents is 1. The average Bonchev–Trinajstić information content (AvgIpc) is 3.02. The van der Waals surface area contributed by atoms with Gasteiger partial charge in [-0.1, -0.05) is 31.5 Å². The first-order valence-electron chi connectivity index (χ1n) is 8.06. The van der Waals surface area contributed by atoms with Crippen molar-refractivity contribution in [3.8, 4) is 0 Å². The first kappa shape index (κ1) is 18.9. The molecule has 134 valence electrons. The predicted molar refractivity (Wildman–Crippen MR) is 96.7 cm³/mol. The molecule has 9 heteroatoms. The van der Waals surface area contributed by atoms with Crippen molar-refractivity contribution in [3.05, 3.63) is 40.2 Å². The van der Waals surface area contributed by atoms with E-state index < -0.39 is 4.92 Å². The summed E-state index contributed by atoms with van der Waals surface area (Å²) in [6, 6.07) is 4.36. The van der Waals surface area contributed by atoms with E-state index in [9.17, 15) is 14.9 Å². The molecule has 0 aliphatic carbocycles. The quantitative estimate of drug-likeness (QED) is 0.317. The number of nitrogens with zero attached hydrogens (tertiary/aromatic N) is 4. The second kappa shape index (κ2) is 9.16. The van der Waals surface area contributed by atoms with Crippen molar-refractivity contribution >= 4 is 29.0 Å². The molecule has 0 unspecified atom stereocenters. The number of unbranched alkanes of at least 4 members (excludes halogenated alkanes) is 2. The van der Waals surface area contributed by atoms with Crippen LogP contribution in [-0.4, -0.2) is 31.3 Å². The maximum absolute atomic E-state index is 12.1. The summed E-state index contributed by atoms with van der Waals surface area (Å²) < 4.78 is 1.95. The van der Waals surface area contributed by atoms with Gasteiger partial charge in [0.15, 0.2) is 5.16 Å². The minimum absolute atomic E-state index is 0.00468. The van der Waals surface area contributed by atoms with E-state index in [0.717, 1.165) is 25.8 Å². The van der Waals surface area contributed by atoms with E-state index in [1.807, 2.05) is 4.57 Å². The molecule has 1 aromatic heterocycles. The molecular formula is C16H21N5O3S. The second-order valence-corrected chi connectivity index (χ2v) is 6.55. The van der Waals surface area contributed by atoms with Gasteiger partial charge in [-0.3, -0.25) is 14.9 Å². The Morgan fingerprint density at radius 2 is 2.20 bits per heavy atom. The van der Waals surface area contributed by atoms with Crippen molar-refractivity contribution in [1.82, 2.24) is 14.8 Å². The van der Waals surface area contributed by atoms with Crippen LogP contribution in [-0.2, 0) is 11.3 Å². The van der Waals surface area contributed by atoms with Gasteiger partial charge in [-0.15, -0.1) is 10.2 Å². The molecule has 0 bridgehead atoms. The fraction of sp³-hybridized carbons (Fsp3) is 0.438. The van der Waals surface area contributed by atoms with Crippen molar-refractivity contribution in [2.75, 3.05) is 11.1 Å². The van der Waals surface area contributed by atoms with E-state index in [4.69, 9.17) is 0 Å². The number of amides is 1. The van der Waals surface area contributed by atoms with Gasteiger partial charge in [0.1, 0.15) is 6.33 Å². The number of nitro groups is 1. The highest BCUT2D eigenvalue weighted by Gasteiger charge is 2.12. The number of nitrogens with one attached hydrogen (secondary N) is 1. The summed E-state index contributed by atoms with van der Waals surface area (Å²) in [6.07, 6.45) is 5.01. The van der Waals surface area contributed by atoms with Crippen molar-refractivity contribution in [2.45, 2.75) is 44.8 Å². The Morgan fingerprint density at radius 3 is 2.88 bits per heavy atom. The molecule has 0 spiro atoms. The summed E-state index contributed by atoms with van der Waals surface area (Å²) in [5.41, 5.74) is 1.22. The van der Waals surface area contributed by atoms with E-state index in [1.54, 1.807) is 19.3 Å². The summed E-state index contributed by atoms with van der Waals surface area (Å²) in [6.45, 7) is 4.71. The van der Waals surface area contributed by atoms with Gasteiger partial charge in [-0.05, 0) is 25.0 Å². The van der Waals surface area contributed by atoms with Gasteiger partial charge in [0.05, 0.1) is 10.7 Å². The first-order valence-corrected chi connectivity index (χ1v) is 9.05. The molecule has 0 fully saturated rings. The molecule has 1 heterocycles. The summed E-state index contributed by atoms with van der Waals surface area (Å²) in [7, 11) is 0. The molecule has 2 aromatic rings. The van der Waals surface area contributed by atoms with Crippen LogP contribution in [0.2, 0.25) is 0 Å². The highest BCUT2D eigenvalue weighted by atomic mass is 32.2. The fourth-order valence-corrected chi connectivity index (χ4v) is 3.00. The molecule has 0 radical (unpaired) electrons. The third-order valence-corrected chi connectivity index (χ3v) is 4.59. The Hall–Kier alpha value is -2.42. The van der Waals surface area contributed by atoms with Gasteiger partial charge >= 0.3 is 0 Å². The minimum atomic E-state index is -0.459. The van der Waals surface area contributed by atoms with Crippen LogP contribution < -0.4 is 5.32 Å². The van der Waals surface area contributed by atoms with Crippen LogP contribution in [0.4, 0.5) is 11.4 Å². The van der Waals surface area contributed by atoms with Crippen LogP contribution in [0.15, 0.2) is 29.7 Å². The standard InChI is InChI=1S/C16H21N5O3S/c1-3-4-5-8-20-11-17-19-16(20)25-10-15(22)18-14-7-6-13(21(23)24)9-12(14)2/h6-7,9,11H,3-5,8,10H2,1-2H3,(H,18,22). The van der Waals surface area contributed by atoms with Crippen molar-refractivity contribution in [1.29, 1.82) is 0 Å². The number of carbonyl (C=O) groups is 1. The van der Waals surface area contributed by atoms with Crippen LogP contribution in [0.5, 0.6) is 0 Å². The lowest BCUT2D eigenvalue weighted by Gasteiger charge is -2.08. The molecule has 25 heavy (non-hydrogen) atoms.